The molecule has 10 heteroatoms. The van der Waals surface area contributed by atoms with Gasteiger partial charge in [0, 0.05) is 37.1 Å². The van der Waals surface area contributed by atoms with Crippen molar-refractivity contribution in [1.29, 1.82) is 0 Å². The first-order chi connectivity index (χ1) is 16.3. The number of likely N-dealkylation sites (tertiary alicyclic amines) is 1. The predicted molar refractivity (Wildman–Crippen MR) is 124 cm³/mol. The third-order valence-corrected chi connectivity index (χ3v) is 6.62. The number of ether oxygens (including phenoxy) is 1. The summed E-state index contributed by atoms with van der Waals surface area (Å²) in [4.78, 5) is 33.0. The molecule has 2 amide bonds. The Labute approximate surface area is 196 Å². The number of anilines is 1. The molecule has 4 heterocycles. The van der Waals surface area contributed by atoms with Gasteiger partial charge in [-0.05, 0) is 26.0 Å². The largest absolute Gasteiger partial charge is 0.381 e. The quantitative estimate of drug-likeness (QED) is 0.631. The van der Waals surface area contributed by atoms with Crippen LogP contribution in [0.1, 0.15) is 35.8 Å². The summed E-state index contributed by atoms with van der Waals surface area (Å²) in [6, 6.07) is 9.11. The number of fused-ring (bicyclic) bond motifs is 1. The fourth-order valence-corrected chi connectivity index (χ4v) is 4.72. The van der Waals surface area contributed by atoms with E-state index in [0.717, 1.165) is 16.6 Å². The molecule has 2 fully saturated rings. The average Bonchev–Trinajstić information content (AvgIpc) is 3.12. The van der Waals surface area contributed by atoms with Crippen LogP contribution in [0.15, 0.2) is 36.5 Å². The van der Waals surface area contributed by atoms with Crippen molar-refractivity contribution in [2.75, 3.05) is 38.6 Å². The van der Waals surface area contributed by atoms with E-state index in [0.29, 0.717) is 32.8 Å². The van der Waals surface area contributed by atoms with Crippen LogP contribution < -0.4 is 5.73 Å². The molecule has 0 aliphatic carbocycles. The number of benzene rings is 1. The van der Waals surface area contributed by atoms with E-state index in [-0.39, 0.29) is 35.3 Å². The Morgan fingerprint density at radius 2 is 2.00 bits per heavy atom. The van der Waals surface area contributed by atoms with Crippen molar-refractivity contribution in [3.05, 3.63) is 53.6 Å². The molecule has 2 aromatic heterocycles. The summed E-state index contributed by atoms with van der Waals surface area (Å²) >= 11 is 0. The zero-order chi connectivity index (χ0) is 24.0. The van der Waals surface area contributed by atoms with Crippen molar-refractivity contribution < 1.29 is 18.7 Å². The number of amides is 2. The van der Waals surface area contributed by atoms with E-state index in [1.54, 1.807) is 9.58 Å². The van der Waals surface area contributed by atoms with Gasteiger partial charge < -0.3 is 20.3 Å². The molecule has 1 aromatic carbocycles. The van der Waals surface area contributed by atoms with Crippen LogP contribution in [0.3, 0.4) is 0 Å². The summed E-state index contributed by atoms with van der Waals surface area (Å²) in [5.41, 5.74) is 6.75. The fourth-order valence-electron chi connectivity index (χ4n) is 4.72. The van der Waals surface area contributed by atoms with Gasteiger partial charge in [-0.15, -0.1) is 0 Å². The summed E-state index contributed by atoms with van der Waals surface area (Å²) in [6.45, 7) is 6.51. The van der Waals surface area contributed by atoms with Crippen LogP contribution in [0.2, 0.25) is 0 Å². The Morgan fingerprint density at radius 3 is 2.76 bits per heavy atom. The van der Waals surface area contributed by atoms with Gasteiger partial charge >= 0.3 is 0 Å². The molecule has 9 nitrogen and oxygen atoms in total. The van der Waals surface area contributed by atoms with Gasteiger partial charge in [-0.2, -0.15) is 5.10 Å². The molecule has 34 heavy (non-hydrogen) atoms. The monoisotopic (exact) mass is 466 g/mol. The standard InChI is InChI=1S/C24H27FN6O3/c1-24(2)14-34-10-9-30(24)19(32)13-31-18-6-4-3-5-16(18)21(28-31)15-11-29(12-15)23(33)17-7-8-27-22(26)20(17)25/h3-8,15H,9-14H2,1-2H3,(H2,26,27). The van der Waals surface area contributed by atoms with Crippen LogP contribution in [0.4, 0.5) is 10.2 Å². The Balaban J connectivity index is 1.35. The first-order valence-electron chi connectivity index (χ1n) is 11.3. The van der Waals surface area contributed by atoms with Crippen molar-refractivity contribution in [1.82, 2.24) is 24.6 Å². The molecule has 2 aliphatic rings. The lowest BCUT2D eigenvalue weighted by Crippen LogP contribution is -2.56. The number of nitrogens with zero attached hydrogens (tertiary/aromatic N) is 5. The molecule has 2 saturated heterocycles. The van der Waals surface area contributed by atoms with Gasteiger partial charge in [-0.25, -0.2) is 9.37 Å². The number of pyridine rings is 1. The van der Waals surface area contributed by atoms with E-state index in [4.69, 9.17) is 15.6 Å². The zero-order valence-electron chi connectivity index (χ0n) is 19.2. The van der Waals surface area contributed by atoms with Gasteiger partial charge in [0.2, 0.25) is 5.91 Å². The molecule has 2 aliphatic heterocycles. The van der Waals surface area contributed by atoms with Gasteiger partial charge in [0.15, 0.2) is 11.6 Å². The highest BCUT2D eigenvalue weighted by Gasteiger charge is 2.37. The van der Waals surface area contributed by atoms with Gasteiger partial charge in [-0.1, -0.05) is 18.2 Å². The minimum absolute atomic E-state index is 0.00715. The topological polar surface area (TPSA) is 107 Å². The number of nitrogens with two attached hydrogens (primary N) is 1. The first-order valence-corrected chi connectivity index (χ1v) is 11.3. The lowest BCUT2D eigenvalue weighted by atomic mass is 9.93. The summed E-state index contributed by atoms with van der Waals surface area (Å²) in [7, 11) is 0. The highest BCUT2D eigenvalue weighted by Crippen LogP contribution is 2.33. The number of aromatic nitrogens is 3. The lowest BCUT2D eigenvalue weighted by molar-refractivity contribution is -0.147. The number of para-hydroxylation sites is 1. The average molecular weight is 467 g/mol. The Bertz CT molecular complexity index is 1270. The Hall–Kier alpha value is -3.53. The smallest absolute Gasteiger partial charge is 0.257 e. The minimum Gasteiger partial charge on any atom is -0.381 e. The van der Waals surface area contributed by atoms with E-state index in [1.807, 2.05) is 43.0 Å². The van der Waals surface area contributed by atoms with E-state index in [2.05, 4.69) is 4.98 Å². The minimum atomic E-state index is -0.796. The number of morpholine rings is 1. The summed E-state index contributed by atoms with van der Waals surface area (Å²) in [5, 5.41) is 5.74. The van der Waals surface area contributed by atoms with Crippen LogP contribution in [0, 0.1) is 5.82 Å². The predicted octanol–water partition coefficient (Wildman–Crippen LogP) is 2.03. The molecule has 0 saturated carbocycles. The first kappa shape index (κ1) is 22.3. The van der Waals surface area contributed by atoms with Gasteiger partial charge in [0.25, 0.3) is 5.91 Å². The third kappa shape index (κ3) is 3.77. The Morgan fingerprint density at radius 1 is 1.24 bits per heavy atom. The number of rotatable bonds is 4. The number of hydrogen-bond donors (Lipinski definition) is 1. The maximum Gasteiger partial charge on any atom is 0.257 e. The molecule has 0 radical (unpaired) electrons. The van der Waals surface area contributed by atoms with E-state index in [1.165, 1.54) is 12.3 Å². The molecule has 0 spiro atoms. The number of halogens is 1. The number of carbonyl (C=O) groups is 2. The highest BCUT2D eigenvalue weighted by atomic mass is 19.1. The molecular formula is C24H27FN6O3. The highest BCUT2D eigenvalue weighted by molar-refractivity contribution is 5.96. The van der Waals surface area contributed by atoms with Crippen molar-refractivity contribution in [2.24, 2.45) is 0 Å². The van der Waals surface area contributed by atoms with Crippen molar-refractivity contribution in [3.63, 3.8) is 0 Å². The third-order valence-electron chi connectivity index (χ3n) is 6.62. The summed E-state index contributed by atoms with van der Waals surface area (Å²) in [6.07, 6.45) is 1.32. The van der Waals surface area contributed by atoms with Crippen LogP contribution in [0.25, 0.3) is 10.9 Å². The van der Waals surface area contributed by atoms with E-state index >= 15 is 0 Å². The maximum absolute atomic E-state index is 14.2. The van der Waals surface area contributed by atoms with Gasteiger partial charge in [0.05, 0.1) is 35.5 Å². The number of nitrogen functional groups attached to an aromatic ring is 1. The van der Waals surface area contributed by atoms with Crippen molar-refractivity contribution in [3.8, 4) is 0 Å². The lowest BCUT2D eigenvalue weighted by Gasteiger charge is -2.42. The molecule has 0 atom stereocenters. The molecule has 5 rings (SSSR count). The van der Waals surface area contributed by atoms with Crippen LogP contribution in [-0.2, 0) is 16.1 Å². The van der Waals surface area contributed by atoms with Gasteiger partial charge in [-0.3, -0.25) is 14.3 Å². The second-order valence-corrected chi connectivity index (χ2v) is 9.44. The van der Waals surface area contributed by atoms with Crippen molar-refractivity contribution >= 4 is 28.5 Å². The Kier molecular flexibility index (Phi) is 5.47. The number of carbonyl (C=O) groups excluding carboxylic acids is 2. The summed E-state index contributed by atoms with van der Waals surface area (Å²) in [5.74, 6) is -1.52. The van der Waals surface area contributed by atoms with Crippen LogP contribution >= 0.6 is 0 Å². The molecule has 0 unspecified atom stereocenters. The van der Waals surface area contributed by atoms with Crippen LogP contribution in [-0.4, -0.2) is 74.8 Å². The zero-order valence-corrected chi connectivity index (χ0v) is 19.2. The fraction of sp³-hybridized carbons (Fsp3) is 0.417. The normalized spacial score (nSPS) is 18.2. The molecular weight excluding hydrogens is 439 g/mol. The molecule has 3 aromatic rings. The SMILES string of the molecule is CC1(C)COCCN1C(=O)Cn1nc(C2CN(C(=O)c3ccnc(N)c3F)C2)c2ccccc21. The van der Waals surface area contributed by atoms with Gasteiger partial charge in [0.1, 0.15) is 6.54 Å². The van der Waals surface area contributed by atoms with Crippen LogP contribution in [0.5, 0.6) is 0 Å². The number of hydrogen-bond acceptors (Lipinski definition) is 6. The summed E-state index contributed by atoms with van der Waals surface area (Å²) < 4.78 is 21.5. The molecule has 2 N–H and O–H groups in total. The van der Waals surface area contributed by atoms with E-state index < -0.39 is 11.7 Å². The molecule has 178 valence electrons. The molecule has 0 bridgehead atoms. The second-order valence-electron chi connectivity index (χ2n) is 9.44. The van der Waals surface area contributed by atoms with Crippen molar-refractivity contribution in [2.45, 2.75) is 31.8 Å². The second kappa shape index (κ2) is 8.35. The maximum atomic E-state index is 14.2. The van der Waals surface area contributed by atoms with E-state index in [9.17, 15) is 14.0 Å².